The lowest BCUT2D eigenvalue weighted by Gasteiger charge is -2.07. The smallest absolute Gasteiger partial charge is 0.175 e. The molecule has 0 saturated carbocycles. The fraction of sp³-hybridized carbons (Fsp3) is 0.0833. The molecular weight excluding hydrogens is 380 g/mol. The van der Waals surface area contributed by atoms with Crippen LogP contribution < -0.4 is 0 Å². The summed E-state index contributed by atoms with van der Waals surface area (Å²) in [6.45, 7) is 3.81. The molecule has 1 aliphatic rings. The number of hydrogen-bond acceptors (Lipinski definition) is 1. The summed E-state index contributed by atoms with van der Waals surface area (Å²) in [7, 11) is 0. The first-order chi connectivity index (χ1) is 14.0. The highest BCUT2D eigenvalue weighted by atomic mass is 19.2. The molecule has 0 aliphatic carbocycles. The Morgan fingerprint density at radius 1 is 0.828 bits per heavy atom. The molecule has 1 saturated heterocycles. The zero-order chi connectivity index (χ0) is 20.5. The maximum absolute atomic E-state index is 14.4. The lowest BCUT2D eigenvalue weighted by atomic mass is 10.0. The van der Waals surface area contributed by atoms with Gasteiger partial charge >= 0.3 is 0 Å². The van der Waals surface area contributed by atoms with Crippen molar-refractivity contribution in [3.05, 3.63) is 101 Å². The maximum Gasteiger partial charge on any atom is 0.175 e. The van der Waals surface area contributed by atoms with Gasteiger partial charge in [-0.2, -0.15) is 0 Å². The van der Waals surface area contributed by atoms with Gasteiger partial charge < -0.3 is 4.74 Å². The van der Waals surface area contributed by atoms with Gasteiger partial charge in [-0.1, -0.05) is 54.8 Å². The molecule has 5 heteroatoms. The first-order valence-corrected chi connectivity index (χ1v) is 8.82. The molecule has 0 amide bonds. The van der Waals surface area contributed by atoms with E-state index < -0.39 is 23.3 Å². The lowest BCUT2D eigenvalue weighted by molar-refractivity contribution is 0.401. The number of ether oxygens (including phenoxy) is 1. The van der Waals surface area contributed by atoms with Gasteiger partial charge in [-0.3, -0.25) is 0 Å². The molecule has 0 N–H and O–H groups in total. The van der Waals surface area contributed by atoms with Crippen LogP contribution >= 0.6 is 0 Å². The van der Waals surface area contributed by atoms with E-state index in [-0.39, 0.29) is 28.4 Å². The predicted octanol–water partition coefficient (Wildman–Crippen LogP) is 6.02. The summed E-state index contributed by atoms with van der Waals surface area (Å²) in [6.07, 6.45) is 0.850. The van der Waals surface area contributed by atoms with E-state index in [0.717, 1.165) is 0 Å². The summed E-state index contributed by atoms with van der Waals surface area (Å²) in [6, 6.07) is 12.2. The highest BCUT2D eigenvalue weighted by molar-refractivity contribution is 5.66. The van der Waals surface area contributed by atoms with Crippen LogP contribution in [-0.4, -0.2) is 6.61 Å². The molecular formula is C24H14F4O. The van der Waals surface area contributed by atoms with Crippen molar-refractivity contribution >= 4 is 6.08 Å². The molecule has 0 aromatic heterocycles. The monoisotopic (exact) mass is 394 g/mol. The van der Waals surface area contributed by atoms with Crippen molar-refractivity contribution in [3.8, 4) is 23.0 Å². The molecule has 1 nitrogen and oxygen atoms in total. The third-order valence-corrected chi connectivity index (χ3v) is 4.66. The van der Waals surface area contributed by atoms with Crippen LogP contribution in [0.1, 0.15) is 28.4 Å². The molecule has 3 aromatic carbocycles. The van der Waals surface area contributed by atoms with E-state index in [2.05, 4.69) is 18.4 Å². The highest BCUT2D eigenvalue weighted by Crippen LogP contribution is 2.35. The molecule has 4 rings (SSSR count). The van der Waals surface area contributed by atoms with E-state index in [1.54, 1.807) is 24.3 Å². The molecule has 0 spiro atoms. The van der Waals surface area contributed by atoms with Gasteiger partial charge in [0.15, 0.2) is 23.3 Å². The van der Waals surface area contributed by atoms with E-state index in [4.69, 9.17) is 4.74 Å². The minimum Gasteiger partial charge on any atom is -0.368 e. The topological polar surface area (TPSA) is 12.5 Å². The summed E-state index contributed by atoms with van der Waals surface area (Å²) in [4.78, 5) is 0. The number of hydrogen-bond donors (Lipinski definition) is 0. The second-order valence-corrected chi connectivity index (χ2v) is 6.51. The van der Waals surface area contributed by atoms with Gasteiger partial charge in [0.25, 0.3) is 0 Å². The molecule has 0 radical (unpaired) electrons. The zero-order valence-corrected chi connectivity index (χ0v) is 15.1. The van der Waals surface area contributed by atoms with E-state index >= 15 is 0 Å². The summed E-state index contributed by atoms with van der Waals surface area (Å²) in [5.41, 5.74) is 1.31. The normalized spacial score (nSPS) is 14.8. The van der Waals surface area contributed by atoms with Gasteiger partial charge in [-0.15, -0.1) is 0 Å². The fourth-order valence-electron chi connectivity index (χ4n) is 2.95. The summed E-state index contributed by atoms with van der Waals surface area (Å²) < 4.78 is 61.4. The van der Waals surface area contributed by atoms with Crippen LogP contribution in [0.5, 0.6) is 0 Å². The van der Waals surface area contributed by atoms with E-state index in [0.29, 0.717) is 17.7 Å². The van der Waals surface area contributed by atoms with Gasteiger partial charge in [-0.25, -0.2) is 17.6 Å². The van der Waals surface area contributed by atoms with E-state index in [1.807, 2.05) is 0 Å². The van der Waals surface area contributed by atoms with Crippen molar-refractivity contribution in [3.63, 3.8) is 0 Å². The molecule has 1 unspecified atom stereocenters. The zero-order valence-electron chi connectivity index (χ0n) is 15.1. The largest absolute Gasteiger partial charge is 0.368 e. The molecule has 29 heavy (non-hydrogen) atoms. The Labute approximate surface area is 165 Å². The molecule has 1 atom stereocenters. The summed E-state index contributed by atoms with van der Waals surface area (Å²) in [5.74, 6) is 1.44. The first kappa shape index (κ1) is 19.0. The van der Waals surface area contributed by atoms with Crippen LogP contribution in [0.4, 0.5) is 17.6 Å². The van der Waals surface area contributed by atoms with Crippen LogP contribution in [0.2, 0.25) is 0 Å². The number of epoxide rings is 1. The van der Waals surface area contributed by atoms with Crippen molar-refractivity contribution in [2.24, 2.45) is 0 Å². The Balaban J connectivity index is 1.60. The van der Waals surface area contributed by atoms with Gasteiger partial charge in [0.1, 0.15) is 6.10 Å². The molecule has 144 valence electrons. The number of halogens is 4. The predicted molar refractivity (Wildman–Crippen MR) is 103 cm³/mol. The van der Waals surface area contributed by atoms with E-state index in [1.165, 1.54) is 30.3 Å². The first-order valence-electron chi connectivity index (χ1n) is 8.82. The van der Waals surface area contributed by atoms with Crippen LogP contribution in [0.15, 0.2) is 55.1 Å². The average Bonchev–Trinajstić information content (AvgIpc) is 3.57. The van der Waals surface area contributed by atoms with Gasteiger partial charge in [0.2, 0.25) is 0 Å². The Kier molecular flexibility index (Phi) is 4.96. The highest BCUT2D eigenvalue weighted by Gasteiger charge is 2.30. The Morgan fingerprint density at radius 2 is 1.55 bits per heavy atom. The van der Waals surface area contributed by atoms with Gasteiger partial charge in [-0.05, 0) is 23.8 Å². The molecule has 3 aromatic rings. The summed E-state index contributed by atoms with van der Waals surface area (Å²) >= 11 is 0. The Morgan fingerprint density at radius 3 is 2.21 bits per heavy atom. The lowest BCUT2D eigenvalue weighted by Crippen LogP contribution is -1.96. The number of benzene rings is 3. The Bertz CT molecular complexity index is 1170. The Hall–Kier alpha value is -3.36. The van der Waals surface area contributed by atoms with Crippen molar-refractivity contribution < 1.29 is 22.3 Å². The summed E-state index contributed by atoms with van der Waals surface area (Å²) in [5, 5.41) is 0. The molecule has 1 heterocycles. The second kappa shape index (κ2) is 7.57. The van der Waals surface area contributed by atoms with Crippen LogP contribution in [0.3, 0.4) is 0 Å². The minimum atomic E-state index is -1.04. The van der Waals surface area contributed by atoms with Gasteiger partial charge in [0.05, 0.1) is 12.2 Å². The van der Waals surface area contributed by atoms with Gasteiger partial charge in [0, 0.05) is 22.3 Å². The van der Waals surface area contributed by atoms with Crippen molar-refractivity contribution in [1.82, 2.24) is 0 Å². The quantitative estimate of drug-likeness (QED) is 0.300. The minimum absolute atomic E-state index is 0.0610. The molecule has 1 aliphatic heterocycles. The van der Waals surface area contributed by atoms with Crippen LogP contribution in [0.25, 0.3) is 17.2 Å². The molecule has 1 fully saturated rings. The maximum atomic E-state index is 14.4. The van der Waals surface area contributed by atoms with Crippen molar-refractivity contribution in [2.75, 3.05) is 6.61 Å². The molecule has 0 bridgehead atoms. The third kappa shape index (κ3) is 3.67. The fourth-order valence-corrected chi connectivity index (χ4v) is 2.95. The third-order valence-electron chi connectivity index (χ3n) is 4.66. The standard InChI is InChI=1S/C24H14F4O/c1-2-15-9-10-17(22(26)21(15)25)8-5-14-3-6-16(7-4-14)18-11-12-19(20-13-29-20)24(28)23(18)27/h2-4,6-7,9-12,20H,1,13H2. The van der Waals surface area contributed by atoms with Crippen molar-refractivity contribution in [2.45, 2.75) is 6.10 Å². The number of rotatable bonds is 3. The average molecular weight is 394 g/mol. The van der Waals surface area contributed by atoms with Crippen LogP contribution in [0, 0.1) is 35.1 Å². The second-order valence-electron chi connectivity index (χ2n) is 6.51. The van der Waals surface area contributed by atoms with Crippen LogP contribution in [-0.2, 0) is 4.74 Å². The van der Waals surface area contributed by atoms with Crippen molar-refractivity contribution in [1.29, 1.82) is 0 Å². The SMILES string of the molecule is C=Cc1ccc(C#Cc2ccc(-c3ccc(C4CO4)c(F)c3F)cc2)c(F)c1F. The van der Waals surface area contributed by atoms with E-state index in [9.17, 15) is 17.6 Å².